The maximum atomic E-state index is 9.67. The Bertz CT molecular complexity index is 1000. The summed E-state index contributed by atoms with van der Waals surface area (Å²) in [4.78, 5) is 9.00. The van der Waals surface area contributed by atoms with E-state index in [0.29, 0.717) is 11.6 Å². The molecule has 1 aliphatic carbocycles. The molecule has 2 N–H and O–H groups in total. The Labute approximate surface area is 172 Å². The number of nitrogens with one attached hydrogen (secondary N) is 2. The summed E-state index contributed by atoms with van der Waals surface area (Å²) in [6.07, 6.45) is 10.8. The largest absolute Gasteiger partial charge is 0.381 e. The van der Waals surface area contributed by atoms with Gasteiger partial charge in [0.2, 0.25) is 0 Å². The van der Waals surface area contributed by atoms with E-state index in [9.17, 15) is 5.26 Å². The van der Waals surface area contributed by atoms with E-state index >= 15 is 0 Å². The normalized spacial score (nSPS) is 16.0. The summed E-state index contributed by atoms with van der Waals surface area (Å²) in [6.45, 7) is 2.12. The Balaban J connectivity index is 1.66. The molecule has 1 atom stereocenters. The predicted octanol–water partition coefficient (Wildman–Crippen LogP) is 5.81. The van der Waals surface area contributed by atoms with Crippen LogP contribution in [-0.4, -0.2) is 16.0 Å². The minimum absolute atomic E-state index is 0.131. The van der Waals surface area contributed by atoms with Crippen molar-refractivity contribution < 1.29 is 0 Å². The van der Waals surface area contributed by atoms with Crippen molar-refractivity contribution in [3.8, 4) is 6.07 Å². The Kier molecular flexibility index (Phi) is 5.90. The SMILES string of the molecule is C[C@H](Nc1cc2c(NC3CCCCCC3)c(C#N)cnc2cn1)c1ccccc1. The number of benzene rings is 1. The minimum atomic E-state index is 0.131. The highest BCUT2D eigenvalue weighted by molar-refractivity contribution is 5.95. The smallest absolute Gasteiger partial charge is 0.127 e. The van der Waals surface area contributed by atoms with Crippen LogP contribution < -0.4 is 10.6 Å². The number of nitriles is 1. The first-order chi connectivity index (χ1) is 14.2. The summed E-state index contributed by atoms with van der Waals surface area (Å²) < 4.78 is 0. The fourth-order valence-corrected chi connectivity index (χ4v) is 4.09. The molecule has 3 aromatic rings. The average Bonchev–Trinajstić information content (AvgIpc) is 3.03. The van der Waals surface area contributed by atoms with Gasteiger partial charge in [-0.25, -0.2) is 4.98 Å². The zero-order valence-electron chi connectivity index (χ0n) is 16.9. The van der Waals surface area contributed by atoms with Crippen molar-refractivity contribution in [2.24, 2.45) is 0 Å². The second kappa shape index (κ2) is 8.91. The molecule has 1 aromatic carbocycles. The average molecular weight is 386 g/mol. The molecule has 2 heterocycles. The van der Waals surface area contributed by atoms with Gasteiger partial charge >= 0.3 is 0 Å². The summed E-state index contributed by atoms with van der Waals surface area (Å²) in [5.41, 5.74) is 3.49. The van der Waals surface area contributed by atoms with Crippen molar-refractivity contribution in [2.45, 2.75) is 57.5 Å². The molecule has 0 saturated heterocycles. The fraction of sp³-hybridized carbons (Fsp3) is 0.375. The fourth-order valence-electron chi connectivity index (χ4n) is 4.09. The number of pyridine rings is 2. The number of fused-ring (bicyclic) bond motifs is 1. The Hall–Kier alpha value is -3.13. The molecule has 1 saturated carbocycles. The highest BCUT2D eigenvalue weighted by Gasteiger charge is 2.17. The minimum Gasteiger partial charge on any atom is -0.381 e. The van der Waals surface area contributed by atoms with Crippen LogP contribution in [0.2, 0.25) is 0 Å². The number of anilines is 2. The van der Waals surface area contributed by atoms with Crippen molar-refractivity contribution in [2.75, 3.05) is 10.6 Å². The Morgan fingerprint density at radius 3 is 2.52 bits per heavy atom. The van der Waals surface area contributed by atoms with Crippen LogP contribution in [0.5, 0.6) is 0 Å². The van der Waals surface area contributed by atoms with Crippen LogP contribution in [0.25, 0.3) is 10.9 Å². The second-order valence-corrected chi connectivity index (χ2v) is 7.85. The molecule has 0 spiro atoms. The van der Waals surface area contributed by atoms with Gasteiger partial charge in [0.25, 0.3) is 0 Å². The molecule has 29 heavy (non-hydrogen) atoms. The molecule has 2 aromatic heterocycles. The van der Waals surface area contributed by atoms with E-state index in [1.54, 1.807) is 12.4 Å². The van der Waals surface area contributed by atoms with Crippen LogP contribution in [0, 0.1) is 11.3 Å². The summed E-state index contributed by atoms with van der Waals surface area (Å²) >= 11 is 0. The van der Waals surface area contributed by atoms with E-state index < -0.39 is 0 Å². The number of hydrogen-bond donors (Lipinski definition) is 2. The van der Waals surface area contributed by atoms with Crippen LogP contribution in [0.3, 0.4) is 0 Å². The Morgan fingerprint density at radius 1 is 1.03 bits per heavy atom. The molecule has 148 valence electrons. The first-order valence-electron chi connectivity index (χ1n) is 10.5. The van der Waals surface area contributed by atoms with Gasteiger partial charge in [-0.15, -0.1) is 0 Å². The lowest BCUT2D eigenvalue weighted by atomic mass is 10.1. The number of hydrogen-bond acceptors (Lipinski definition) is 5. The summed E-state index contributed by atoms with van der Waals surface area (Å²) in [6, 6.07) is 15.2. The van der Waals surface area contributed by atoms with Crippen molar-refractivity contribution >= 4 is 22.4 Å². The highest BCUT2D eigenvalue weighted by atomic mass is 15.0. The first kappa shape index (κ1) is 19.2. The molecule has 0 amide bonds. The maximum Gasteiger partial charge on any atom is 0.127 e. The van der Waals surface area contributed by atoms with Crippen LogP contribution in [0.4, 0.5) is 11.5 Å². The zero-order chi connectivity index (χ0) is 20.1. The van der Waals surface area contributed by atoms with Gasteiger partial charge < -0.3 is 10.6 Å². The molecule has 1 fully saturated rings. The van der Waals surface area contributed by atoms with Gasteiger partial charge in [0.05, 0.1) is 23.0 Å². The number of rotatable bonds is 5. The van der Waals surface area contributed by atoms with Crippen LogP contribution in [-0.2, 0) is 0 Å². The van der Waals surface area contributed by atoms with Crippen molar-refractivity contribution in [1.29, 1.82) is 5.26 Å². The quantitative estimate of drug-likeness (QED) is 0.542. The molecule has 5 nitrogen and oxygen atoms in total. The molecule has 0 bridgehead atoms. The van der Waals surface area contributed by atoms with Crippen molar-refractivity contribution in [3.63, 3.8) is 0 Å². The molecule has 0 aliphatic heterocycles. The lowest BCUT2D eigenvalue weighted by Gasteiger charge is -2.20. The number of aromatic nitrogens is 2. The third kappa shape index (κ3) is 4.48. The topological polar surface area (TPSA) is 73.6 Å². The van der Waals surface area contributed by atoms with Gasteiger partial charge in [-0.1, -0.05) is 56.0 Å². The lowest BCUT2D eigenvalue weighted by Crippen LogP contribution is -2.19. The van der Waals surface area contributed by atoms with Gasteiger partial charge in [-0.2, -0.15) is 5.26 Å². The highest BCUT2D eigenvalue weighted by Crippen LogP contribution is 2.31. The maximum absolute atomic E-state index is 9.67. The summed E-state index contributed by atoms with van der Waals surface area (Å²) in [7, 11) is 0. The lowest BCUT2D eigenvalue weighted by molar-refractivity contribution is 0.620. The molecule has 4 rings (SSSR count). The van der Waals surface area contributed by atoms with E-state index in [1.807, 2.05) is 24.3 Å². The van der Waals surface area contributed by atoms with Crippen LogP contribution in [0.1, 0.15) is 62.6 Å². The van der Waals surface area contributed by atoms with E-state index in [-0.39, 0.29) is 6.04 Å². The van der Waals surface area contributed by atoms with Crippen molar-refractivity contribution in [3.05, 3.63) is 59.9 Å². The van der Waals surface area contributed by atoms with Crippen LogP contribution in [0.15, 0.2) is 48.8 Å². The molecular weight excluding hydrogens is 358 g/mol. The zero-order valence-corrected chi connectivity index (χ0v) is 16.9. The van der Waals surface area contributed by atoms with Gasteiger partial charge in [-0.3, -0.25) is 4.98 Å². The van der Waals surface area contributed by atoms with E-state index in [1.165, 1.54) is 31.2 Å². The van der Waals surface area contributed by atoms with Gasteiger partial charge in [0.1, 0.15) is 11.9 Å². The number of nitrogens with zero attached hydrogens (tertiary/aromatic N) is 3. The molecule has 5 heteroatoms. The molecular formula is C24H27N5. The summed E-state index contributed by atoms with van der Waals surface area (Å²) in [5.74, 6) is 0.787. The van der Waals surface area contributed by atoms with E-state index in [0.717, 1.165) is 35.2 Å². The predicted molar refractivity (Wildman–Crippen MR) is 118 cm³/mol. The third-order valence-corrected chi connectivity index (χ3v) is 5.74. The standard InChI is InChI=1S/C24H27N5/c1-17(18-9-5-4-6-10-18)28-23-13-21-22(16-27-23)26-15-19(14-25)24(21)29-20-11-7-2-3-8-12-20/h4-6,9-10,13,15-17,20H,2-3,7-8,11-12H2,1H3,(H,26,29)(H,27,28)/t17-/m0/s1. The van der Waals surface area contributed by atoms with Gasteiger partial charge in [0, 0.05) is 23.7 Å². The Morgan fingerprint density at radius 2 is 1.79 bits per heavy atom. The monoisotopic (exact) mass is 385 g/mol. The first-order valence-corrected chi connectivity index (χ1v) is 10.5. The van der Waals surface area contributed by atoms with Crippen molar-refractivity contribution in [1.82, 2.24) is 9.97 Å². The summed E-state index contributed by atoms with van der Waals surface area (Å²) in [5, 5.41) is 17.8. The second-order valence-electron chi connectivity index (χ2n) is 7.85. The molecule has 1 aliphatic rings. The van der Waals surface area contributed by atoms with Crippen LogP contribution >= 0.6 is 0 Å². The van der Waals surface area contributed by atoms with E-state index in [4.69, 9.17) is 0 Å². The van der Waals surface area contributed by atoms with Gasteiger partial charge in [-0.05, 0) is 31.4 Å². The molecule has 0 unspecified atom stereocenters. The van der Waals surface area contributed by atoms with Gasteiger partial charge in [0.15, 0.2) is 0 Å². The molecule has 0 radical (unpaired) electrons. The van der Waals surface area contributed by atoms with E-state index in [2.05, 4.69) is 45.7 Å². The third-order valence-electron chi connectivity index (χ3n) is 5.74.